The molecule has 0 aromatic rings. The van der Waals surface area contributed by atoms with E-state index in [0.717, 1.165) is 12.8 Å². The molecular weight excluding hydrogens is 204 g/mol. The molecule has 0 spiro atoms. The van der Waals surface area contributed by atoms with Crippen LogP contribution in [0.3, 0.4) is 0 Å². The number of ketones is 1. The topological polar surface area (TPSA) is 35.5 Å². The van der Waals surface area contributed by atoms with E-state index in [1.807, 2.05) is 0 Å². The van der Waals surface area contributed by atoms with Gasteiger partial charge >= 0.3 is 0 Å². The van der Waals surface area contributed by atoms with Crippen molar-refractivity contribution in [3.63, 3.8) is 0 Å². The molecule has 0 N–H and O–H groups in total. The second kappa shape index (κ2) is 6.61. The molecule has 0 bridgehead atoms. The standard InChI is InChI=1S/C13H20O3/c1-10-4-6-12(7-5-10)9-16-13(15-3)8-11(2)14/h4,6,13H,5,7-9H2,1-3H3. The number of rotatable bonds is 6. The largest absolute Gasteiger partial charge is 0.355 e. The number of methoxy groups -OCH3 is 1. The molecule has 1 aliphatic rings. The van der Waals surface area contributed by atoms with E-state index in [0.29, 0.717) is 13.0 Å². The van der Waals surface area contributed by atoms with Crippen molar-refractivity contribution in [2.24, 2.45) is 0 Å². The van der Waals surface area contributed by atoms with Gasteiger partial charge in [0.15, 0.2) is 6.29 Å². The van der Waals surface area contributed by atoms with Crippen LogP contribution >= 0.6 is 0 Å². The smallest absolute Gasteiger partial charge is 0.164 e. The van der Waals surface area contributed by atoms with Crippen molar-refractivity contribution < 1.29 is 14.3 Å². The molecule has 1 rings (SSSR count). The first kappa shape index (κ1) is 13.1. The molecule has 1 atom stereocenters. The van der Waals surface area contributed by atoms with Gasteiger partial charge in [0.1, 0.15) is 5.78 Å². The van der Waals surface area contributed by atoms with Crippen molar-refractivity contribution in [3.8, 4) is 0 Å². The van der Waals surface area contributed by atoms with Crippen LogP contribution in [0.1, 0.15) is 33.1 Å². The number of ether oxygens (including phenoxy) is 2. The summed E-state index contributed by atoms with van der Waals surface area (Å²) in [5, 5.41) is 0. The quantitative estimate of drug-likeness (QED) is 0.651. The van der Waals surface area contributed by atoms with Crippen LogP contribution in [0, 0.1) is 0 Å². The lowest BCUT2D eigenvalue weighted by atomic mass is 10.0. The first-order chi connectivity index (χ1) is 7.61. The zero-order valence-electron chi connectivity index (χ0n) is 10.3. The highest BCUT2D eigenvalue weighted by molar-refractivity contribution is 5.75. The fraction of sp³-hybridized carbons (Fsp3) is 0.615. The highest BCUT2D eigenvalue weighted by Crippen LogP contribution is 2.18. The lowest BCUT2D eigenvalue weighted by Crippen LogP contribution is -2.20. The molecule has 0 aromatic heterocycles. The summed E-state index contributed by atoms with van der Waals surface area (Å²) in [6, 6.07) is 0. The van der Waals surface area contributed by atoms with E-state index in [1.54, 1.807) is 14.0 Å². The van der Waals surface area contributed by atoms with Crippen molar-refractivity contribution in [1.29, 1.82) is 0 Å². The molecule has 0 heterocycles. The van der Waals surface area contributed by atoms with Gasteiger partial charge in [-0.15, -0.1) is 0 Å². The summed E-state index contributed by atoms with van der Waals surface area (Å²) in [6.45, 7) is 4.22. The lowest BCUT2D eigenvalue weighted by molar-refractivity contribution is -0.141. The Morgan fingerprint density at radius 3 is 2.69 bits per heavy atom. The molecule has 0 radical (unpaired) electrons. The third-order valence-corrected chi connectivity index (χ3v) is 2.62. The van der Waals surface area contributed by atoms with Gasteiger partial charge in [-0.25, -0.2) is 0 Å². The summed E-state index contributed by atoms with van der Waals surface area (Å²) < 4.78 is 10.6. The summed E-state index contributed by atoms with van der Waals surface area (Å²) in [6.07, 6.45) is 6.26. The van der Waals surface area contributed by atoms with E-state index in [9.17, 15) is 4.79 Å². The summed E-state index contributed by atoms with van der Waals surface area (Å²) in [5.74, 6) is 0.0835. The van der Waals surface area contributed by atoms with Gasteiger partial charge in [-0.05, 0) is 32.3 Å². The molecule has 0 fully saturated rings. The molecule has 0 saturated carbocycles. The molecule has 3 heteroatoms. The van der Waals surface area contributed by atoms with E-state index < -0.39 is 6.29 Å². The van der Waals surface area contributed by atoms with Crippen LogP contribution in [0.25, 0.3) is 0 Å². The van der Waals surface area contributed by atoms with Crippen LogP contribution in [-0.2, 0) is 14.3 Å². The Morgan fingerprint density at radius 2 is 2.19 bits per heavy atom. The fourth-order valence-electron chi connectivity index (χ4n) is 1.55. The van der Waals surface area contributed by atoms with E-state index >= 15 is 0 Å². The van der Waals surface area contributed by atoms with E-state index in [4.69, 9.17) is 9.47 Å². The van der Waals surface area contributed by atoms with Gasteiger partial charge in [0.05, 0.1) is 13.0 Å². The van der Waals surface area contributed by atoms with E-state index in [1.165, 1.54) is 11.1 Å². The Bertz CT molecular complexity index is 302. The number of hydrogen-bond donors (Lipinski definition) is 0. The lowest BCUT2D eigenvalue weighted by Gasteiger charge is -2.17. The van der Waals surface area contributed by atoms with Crippen molar-refractivity contribution in [2.75, 3.05) is 13.7 Å². The van der Waals surface area contributed by atoms with Gasteiger partial charge in [0, 0.05) is 7.11 Å². The minimum atomic E-state index is -0.412. The SMILES string of the molecule is COC(CC(C)=O)OCC1=CC=C(C)CC1. The monoisotopic (exact) mass is 224 g/mol. The van der Waals surface area contributed by atoms with Gasteiger partial charge < -0.3 is 9.47 Å². The first-order valence-electron chi connectivity index (χ1n) is 5.61. The van der Waals surface area contributed by atoms with Crippen molar-refractivity contribution in [3.05, 3.63) is 23.3 Å². The Balaban J connectivity index is 2.35. The molecule has 0 aromatic carbocycles. The zero-order valence-corrected chi connectivity index (χ0v) is 10.3. The average molecular weight is 224 g/mol. The van der Waals surface area contributed by atoms with Gasteiger partial charge in [0.2, 0.25) is 0 Å². The van der Waals surface area contributed by atoms with Crippen LogP contribution in [-0.4, -0.2) is 25.8 Å². The first-order valence-corrected chi connectivity index (χ1v) is 5.61. The summed E-state index contributed by atoms with van der Waals surface area (Å²) in [5.41, 5.74) is 2.66. The van der Waals surface area contributed by atoms with Crippen molar-refractivity contribution in [2.45, 2.75) is 39.4 Å². The number of allylic oxidation sites excluding steroid dienone is 3. The zero-order chi connectivity index (χ0) is 12.0. The minimum Gasteiger partial charge on any atom is -0.355 e. The number of hydrogen-bond acceptors (Lipinski definition) is 3. The highest BCUT2D eigenvalue weighted by atomic mass is 16.7. The van der Waals surface area contributed by atoms with Crippen molar-refractivity contribution >= 4 is 5.78 Å². The third kappa shape index (κ3) is 4.73. The minimum absolute atomic E-state index is 0.0835. The summed E-state index contributed by atoms with van der Waals surface area (Å²) in [7, 11) is 1.56. The number of carbonyl (C=O) groups excluding carboxylic acids is 1. The van der Waals surface area contributed by atoms with Crippen molar-refractivity contribution in [1.82, 2.24) is 0 Å². The molecular formula is C13H20O3. The molecule has 1 unspecified atom stereocenters. The van der Waals surface area contributed by atoms with Crippen LogP contribution in [0.4, 0.5) is 0 Å². The molecule has 0 saturated heterocycles. The summed E-state index contributed by atoms with van der Waals surface area (Å²) >= 11 is 0. The Kier molecular flexibility index (Phi) is 5.43. The maximum absolute atomic E-state index is 10.9. The second-order valence-corrected chi connectivity index (χ2v) is 4.22. The molecule has 3 nitrogen and oxygen atoms in total. The third-order valence-electron chi connectivity index (χ3n) is 2.62. The van der Waals surface area contributed by atoms with Gasteiger partial charge in [-0.2, -0.15) is 0 Å². The van der Waals surface area contributed by atoms with Crippen LogP contribution in [0.5, 0.6) is 0 Å². The normalized spacial score (nSPS) is 17.7. The molecule has 0 amide bonds. The van der Waals surface area contributed by atoms with E-state index in [2.05, 4.69) is 19.1 Å². The Hall–Kier alpha value is -0.930. The number of Topliss-reactive ketones (excluding diaryl/α,β-unsaturated/α-hetero) is 1. The van der Waals surface area contributed by atoms with Crippen LogP contribution in [0.2, 0.25) is 0 Å². The predicted octanol–water partition coefficient (Wildman–Crippen LogP) is 2.62. The van der Waals surface area contributed by atoms with Gasteiger partial charge in [0.25, 0.3) is 0 Å². The molecule has 90 valence electrons. The average Bonchev–Trinajstić information content (AvgIpc) is 2.26. The number of carbonyl (C=O) groups is 1. The van der Waals surface area contributed by atoms with Crippen LogP contribution in [0.15, 0.2) is 23.3 Å². The maximum atomic E-state index is 10.9. The fourth-order valence-corrected chi connectivity index (χ4v) is 1.55. The van der Waals surface area contributed by atoms with E-state index in [-0.39, 0.29) is 5.78 Å². The molecule has 0 aliphatic heterocycles. The maximum Gasteiger partial charge on any atom is 0.164 e. The van der Waals surface area contributed by atoms with Crippen LogP contribution < -0.4 is 0 Å². The highest BCUT2D eigenvalue weighted by Gasteiger charge is 2.12. The predicted molar refractivity (Wildman–Crippen MR) is 63.1 cm³/mol. The van der Waals surface area contributed by atoms with Gasteiger partial charge in [-0.3, -0.25) is 4.79 Å². The summed E-state index contributed by atoms with van der Waals surface area (Å²) in [4.78, 5) is 10.9. The molecule has 16 heavy (non-hydrogen) atoms. The molecule has 1 aliphatic carbocycles. The van der Waals surface area contributed by atoms with Gasteiger partial charge in [-0.1, -0.05) is 17.7 Å². The Labute approximate surface area is 97.1 Å². The Morgan fingerprint density at radius 1 is 1.44 bits per heavy atom. The second-order valence-electron chi connectivity index (χ2n) is 4.22.